The first-order valence-electron chi connectivity index (χ1n) is 10.1. The Kier molecular flexibility index (Phi) is 4.46. The molecule has 3 aliphatic heterocycles. The fourth-order valence-electron chi connectivity index (χ4n) is 5.25. The zero-order valence-electron chi connectivity index (χ0n) is 15.6. The maximum absolute atomic E-state index is 2.77. The van der Waals surface area contributed by atoms with Crippen LogP contribution < -0.4 is 4.90 Å². The molecule has 0 aliphatic carbocycles. The lowest BCUT2D eigenvalue weighted by Gasteiger charge is -2.41. The summed E-state index contributed by atoms with van der Waals surface area (Å²) >= 11 is 2.07. The van der Waals surface area contributed by atoms with E-state index in [9.17, 15) is 0 Å². The molecular formula is C23H28N2S. The summed E-state index contributed by atoms with van der Waals surface area (Å²) in [5.41, 5.74) is 4.67. The van der Waals surface area contributed by atoms with Crippen molar-refractivity contribution in [2.75, 3.05) is 30.3 Å². The van der Waals surface area contributed by atoms with E-state index in [0.717, 1.165) is 12.5 Å². The second-order valence-electron chi connectivity index (χ2n) is 8.09. The summed E-state index contributed by atoms with van der Waals surface area (Å²) in [6, 6.07) is 19.4. The fourth-order valence-corrected chi connectivity index (χ4v) is 6.29. The molecule has 136 valence electrons. The topological polar surface area (TPSA) is 6.48 Å². The minimum absolute atomic E-state index is 0.612. The Morgan fingerprint density at radius 3 is 2.85 bits per heavy atom. The summed E-state index contributed by atoms with van der Waals surface area (Å²) in [7, 11) is 0. The minimum atomic E-state index is 0.612. The summed E-state index contributed by atoms with van der Waals surface area (Å²) in [6.45, 7) is 6.12. The Labute approximate surface area is 161 Å². The van der Waals surface area contributed by atoms with Crippen LogP contribution in [-0.4, -0.2) is 42.4 Å². The lowest BCUT2D eigenvalue weighted by molar-refractivity contribution is 0.146. The van der Waals surface area contributed by atoms with Gasteiger partial charge < -0.3 is 4.90 Å². The smallest absolute Gasteiger partial charge is 0.0543 e. The summed E-state index contributed by atoms with van der Waals surface area (Å²) in [6.07, 6.45) is 3.78. The van der Waals surface area contributed by atoms with Gasteiger partial charge in [0.25, 0.3) is 0 Å². The summed E-state index contributed by atoms with van der Waals surface area (Å²) in [5, 5.41) is 0. The van der Waals surface area contributed by atoms with E-state index in [0.29, 0.717) is 12.0 Å². The molecule has 2 nitrogen and oxygen atoms in total. The van der Waals surface area contributed by atoms with Crippen LogP contribution in [0.25, 0.3) is 0 Å². The molecule has 0 aromatic heterocycles. The van der Waals surface area contributed by atoms with Gasteiger partial charge in [-0.25, -0.2) is 0 Å². The van der Waals surface area contributed by atoms with Gasteiger partial charge in [0.15, 0.2) is 0 Å². The predicted molar refractivity (Wildman–Crippen MR) is 111 cm³/mol. The molecule has 26 heavy (non-hydrogen) atoms. The van der Waals surface area contributed by atoms with Gasteiger partial charge in [0.2, 0.25) is 0 Å². The van der Waals surface area contributed by atoms with Crippen LogP contribution >= 0.6 is 11.8 Å². The average Bonchev–Trinajstić information content (AvgIpc) is 2.84. The first-order chi connectivity index (χ1) is 12.8. The molecule has 3 atom stereocenters. The zero-order chi connectivity index (χ0) is 17.5. The van der Waals surface area contributed by atoms with Crippen LogP contribution in [0.1, 0.15) is 36.8 Å². The lowest BCUT2D eigenvalue weighted by atomic mass is 9.88. The van der Waals surface area contributed by atoms with E-state index in [1.807, 2.05) is 0 Å². The van der Waals surface area contributed by atoms with Crippen molar-refractivity contribution in [2.45, 2.75) is 49.1 Å². The number of thioether (sulfide) groups is 1. The van der Waals surface area contributed by atoms with Gasteiger partial charge in [0.05, 0.1) is 5.69 Å². The Balaban J connectivity index is 1.38. The van der Waals surface area contributed by atoms with Crippen molar-refractivity contribution in [3.63, 3.8) is 0 Å². The third kappa shape index (κ3) is 2.86. The van der Waals surface area contributed by atoms with Crippen LogP contribution in [0.2, 0.25) is 0 Å². The first kappa shape index (κ1) is 16.7. The molecule has 2 aromatic rings. The van der Waals surface area contributed by atoms with Crippen molar-refractivity contribution in [2.24, 2.45) is 0 Å². The number of likely N-dealkylation sites (tertiary alicyclic amines) is 1. The molecule has 0 spiro atoms. The summed E-state index contributed by atoms with van der Waals surface area (Å²) in [5.74, 6) is 1.96. The number of nitrogens with zero attached hydrogens (tertiary/aromatic N) is 2. The van der Waals surface area contributed by atoms with E-state index in [1.54, 1.807) is 11.3 Å². The molecule has 0 bridgehead atoms. The third-order valence-corrected chi connectivity index (χ3v) is 7.66. The molecule has 1 fully saturated rings. The number of rotatable bonds is 3. The van der Waals surface area contributed by atoms with Gasteiger partial charge in [0.1, 0.15) is 0 Å². The highest BCUT2D eigenvalue weighted by atomic mass is 32.2. The largest absolute Gasteiger partial charge is 0.367 e. The summed E-state index contributed by atoms with van der Waals surface area (Å²) in [4.78, 5) is 7.04. The van der Waals surface area contributed by atoms with E-state index in [1.165, 1.54) is 48.7 Å². The number of benzene rings is 2. The molecule has 3 heterocycles. The Bertz CT molecular complexity index is 775. The number of anilines is 1. The van der Waals surface area contributed by atoms with Crippen molar-refractivity contribution >= 4 is 17.4 Å². The van der Waals surface area contributed by atoms with Crippen LogP contribution in [0.3, 0.4) is 0 Å². The molecule has 3 heteroatoms. The van der Waals surface area contributed by atoms with E-state index in [-0.39, 0.29) is 0 Å². The maximum atomic E-state index is 2.77. The molecular weight excluding hydrogens is 336 g/mol. The average molecular weight is 365 g/mol. The van der Waals surface area contributed by atoms with Gasteiger partial charge in [-0.15, -0.1) is 11.8 Å². The van der Waals surface area contributed by atoms with Gasteiger partial charge in [-0.3, -0.25) is 4.90 Å². The van der Waals surface area contributed by atoms with E-state index < -0.39 is 0 Å². The van der Waals surface area contributed by atoms with Gasteiger partial charge in [-0.1, -0.05) is 42.5 Å². The number of piperidine rings is 1. The molecule has 2 aromatic carbocycles. The predicted octanol–water partition coefficient (Wildman–Crippen LogP) is 4.79. The number of para-hydroxylation sites is 1. The molecule has 3 aliphatic rings. The molecule has 0 N–H and O–H groups in total. The van der Waals surface area contributed by atoms with Crippen molar-refractivity contribution in [1.29, 1.82) is 0 Å². The van der Waals surface area contributed by atoms with Crippen LogP contribution in [0.15, 0.2) is 53.4 Å². The molecule has 0 radical (unpaired) electrons. The molecule has 5 rings (SSSR count). The zero-order valence-corrected chi connectivity index (χ0v) is 16.4. The minimum Gasteiger partial charge on any atom is -0.367 e. The SMILES string of the molecule is CC(Cc1ccccc1)N1CC[C@@H]2[C@H](C1)c1cccc3c1N2CCCS3. The highest BCUT2D eigenvalue weighted by Gasteiger charge is 2.43. The number of hydrogen-bond donors (Lipinski definition) is 0. The first-order valence-corrected chi connectivity index (χ1v) is 11.1. The van der Waals surface area contributed by atoms with Gasteiger partial charge in [0, 0.05) is 42.5 Å². The van der Waals surface area contributed by atoms with E-state index in [4.69, 9.17) is 0 Å². The summed E-state index contributed by atoms with van der Waals surface area (Å²) < 4.78 is 0. The van der Waals surface area contributed by atoms with Crippen LogP contribution in [-0.2, 0) is 6.42 Å². The monoisotopic (exact) mass is 364 g/mol. The second-order valence-corrected chi connectivity index (χ2v) is 9.22. The fraction of sp³-hybridized carbons (Fsp3) is 0.478. The second kappa shape index (κ2) is 6.94. The molecule has 0 amide bonds. The van der Waals surface area contributed by atoms with Gasteiger partial charge >= 0.3 is 0 Å². The van der Waals surface area contributed by atoms with Crippen molar-refractivity contribution < 1.29 is 0 Å². The van der Waals surface area contributed by atoms with Crippen LogP contribution in [0.5, 0.6) is 0 Å². The Morgan fingerprint density at radius 2 is 1.96 bits per heavy atom. The van der Waals surface area contributed by atoms with Crippen molar-refractivity contribution in [3.05, 3.63) is 59.7 Å². The van der Waals surface area contributed by atoms with Gasteiger partial charge in [-0.05, 0) is 49.1 Å². The highest BCUT2D eigenvalue weighted by Crippen LogP contribution is 2.50. The van der Waals surface area contributed by atoms with Crippen molar-refractivity contribution in [1.82, 2.24) is 4.90 Å². The molecule has 0 saturated carbocycles. The molecule has 1 unspecified atom stereocenters. The Hall–Kier alpha value is -1.45. The quantitative estimate of drug-likeness (QED) is 0.773. The Morgan fingerprint density at radius 1 is 1.08 bits per heavy atom. The van der Waals surface area contributed by atoms with Crippen molar-refractivity contribution in [3.8, 4) is 0 Å². The lowest BCUT2D eigenvalue weighted by Crippen LogP contribution is -2.49. The van der Waals surface area contributed by atoms with E-state index >= 15 is 0 Å². The van der Waals surface area contributed by atoms with E-state index in [2.05, 4.69) is 77.0 Å². The standard InChI is InChI=1S/C23H28N2S/c1-17(15-18-7-3-2-4-8-18)24-13-11-21-20(16-24)19-9-5-10-22-23(19)25(21)12-6-14-26-22/h2-5,7-10,17,20-21H,6,11-16H2,1H3/t17?,20-,21-/m1/s1. The molecule has 1 saturated heterocycles. The highest BCUT2D eigenvalue weighted by molar-refractivity contribution is 7.99. The van der Waals surface area contributed by atoms with Gasteiger partial charge in [-0.2, -0.15) is 0 Å². The van der Waals surface area contributed by atoms with Crippen LogP contribution in [0.4, 0.5) is 5.69 Å². The third-order valence-electron chi connectivity index (χ3n) is 6.52. The normalized spacial score (nSPS) is 26.1. The van der Waals surface area contributed by atoms with Crippen LogP contribution in [0, 0.1) is 0 Å². The number of fused-ring (bicyclic) bond motifs is 3. The number of hydrogen-bond acceptors (Lipinski definition) is 3. The maximum Gasteiger partial charge on any atom is 0.0543 e.